The molecule has 0 unspecified atom stereocenters. The Morgan fingerprint density at radius 1 is 1.47 bits per heavy atom. The number of hydrogen-bond acceptors (Lipinski definition) is 7. The van der Waals surface area contributed by atoms with Gasteiger partial charge in [0.1, 0.15) is 9.88 Å². The number of hydrogen-bond donors (Lipinski definition) is 1. The summed E-state index contributed by atoms with van der Waals surface area (Å²) in [5.74, 6) is -0.383. The van der Waals surface area contributed by atoms with Crippen LogP contribution < -0.4 is 10.6 Å². The van der Waals surface area contributed by atoms with Crippen molar-refractivity contribution in [2.45, 2.75) is 11.8 Å². The van der Waals surface area contributed by atoms with E-state index < -0.39 is 0 Å². The number of nitrogen functional groups attached to an aromatic ring is 1. The minimum absolute atomic E-state index is 0.383. The number of thioether (sulfide) groups is 1. The lowest BCUT2D eigenvalue weighted by Gasteiger charge is -2.22. The fraction of sp³-hybridized carbons (Fsp3) is 0.583. The third-order valence-electron chi connectivity index (χ3n) is 2.69. The van der Waals surface area contributed by atoms with Crippen molar-refractivity contribution in [3.63, 3.8) is 0 Å². The summed E-state index contributed by atoms with van der Waals surface area (Å²) in [4.78, 5) is 15.3. The van der Waals surface area contributed by atoms with E-state index in [0.717, 1.165) is 23.0 Å². The van der Waals surface area contributed by atoms with Gasteiger partial charge in [0.25, 0.3) is 0 Å². The summed E-state index contributed by atoms with van der Waals surface area (Å²) in [5, 5.41) is 1.00. The summed E-state index contributed by atoms with van der Waals surface area (Å²) in [6, 6.07) is 0. The number of ether oxygens (including phenoxy) is 2. The average Bonchev–Trinajstić information content (AvgIpc) is 2.76. The lowest BCUT2D eigenvalue weighted by Crippen LogP contribution is -2.26. The number of rotatable bonds is 7. The molecule has 0 aromatic carbocycles. The molecule has 5 nitrogen and oxygen atoms in total. The zero-order valence-electron chi connectivity index (χ0n) is 11.7. The van der Waals surface area contributed by atoms with Gasteiger partial charge in [-0.15, -0.1) is 23.1 Å². The molecule has 1 rings (SSSR count). The molecule has 0 atom stereocenters. The molecule has 0 aliphatic carbocycles. The first kappa shape index (κ1) is 16.1. The van der Waals surface area contributed by atoms with Crippen LogP contribution >= 0.6 is 23.1 Å². The Labute approximate surface area is 122 Å². The van der Waals surface area contributed by atoms with Crippen molar-refractivity contribution in [3.8, 4) is 0 Å². The number of anilines is 2. The molecule has 1 aromatic rings. The summed E-state index contributed by atoms with van der Waals surface area (Å²) >= 11 is 2.92. The largest absolute Gasteiger partial charge is 0.465 e. The van der Waals surface area contributed by atoms with Crippen molar-refractivity contribution in [2.24, 2.45) is 0 Å². The molecule has 0 radical (unpaired) electrons. The van der Waals surface area contributed by atoms with Crippen molar-refractivity contribution >= 4 is 39.8 Å². The Balaban J connectivity index is 3.14. The number of methoxy groups -OCH3 is 2. The van der Waals surface area contributed by atoms with Gasteiger partial charge in [0.2, 0.25) is 0 Å². The molecule has 7 heteroatoms. The zero-order valence-corrected chi connectivity index (χ0v) is 13.3. The van der Waals surface area contributed by atoms with E-state index in [4.69, 9.17) is 15.2 Å². The Hall–Kier alpha value is -0.920. The maximum atomic E-state index is 11.7. The first-order chi connectivity index (χ1) is 9.10. The summed E-state index contributed by atoms with van der Waals surface area (Å²) in [6.07, 6.45) is 1.95. The van der Waals surface area contributed by atoms with Gasteiger partial charge in [-0.05, 0) is 13.2 Å². The van der Waals surface area contributed by atoms with E-state index in [0.29, 0.717) is 17.2 Å². The third-order valence-corrected chi connectivity index (χ3v) is 4.89. The van der Waals surface area contributed by atoms with Crippen LogP contribution in [-0.4, -0.2) is 46.1 Å². The first-order valence-electron chi connectivity index (χ1n) is 5.89. The molecular formula is C12H20N2O3S2. The minimum atomic E-state index is -0.383. The Morgan fingerprint density at radius 3 is 2.63 bits per heavy atom. The maximum absolute atomic E-state index is 11.7. The van der Waals surface area contributed by atoms with Gasteiger partial charge in [-0.2, -0.15) is 0 Å². The smallest absolute Gasteiger partial charge is 0.350 e. The molecule has 2 N–H and O–H groups in total. The minimum Gasteiger partial charge on any atom is -0.465 e. The molecule has 0 amide bonds. The van der Waals surface area contributed by atoms with E-state index in [9.17, 15) is 4.79 Å². The van der Waals surface area contributed by atoms with Crippen LogP contribution in [0.3, 0.4) is 0 Å². The maximum Gasteiger partial charge on any atom is 0.350 e. The van der Waals surface area contributed by atoms with E-state index in [-0.39, 0.29) is 5.97 Å². The molecule has 0 saturated heterocycles. The first-order valence-corrected chi connectivity index (χ1v) is 7.93. The van der Waals surface area contributed by atoms with Crippen molar-refractivity contribution in [2.75, 3.05) is 50.8 Å². The molecule has 0 fully saturated rings. The third kappa shape index (κ3) is 3.55. The molecule has 19 heavy (non-hydrogen) atoms. The van der Waals surface area contributed by atoms with E-state index in [1.54, 1.807) is 18.9 Å². The van der Waals surface area contributed by atoms with Crippen LogP contribution in [-0.2, 0) is 9.47 Å². The topological polar surface area (TPSA) is 64.8 Å². The molecule has 1 heterocycles. The Morgan fingerprint density at radius 2 is 2.16 bits per heavy atom. The normalized spacial score (nSPS) is 10.5. The number of likely N-dealkylation sites (N-methyl/N-ethyl adjacent to an activating group) is 1. The van der Waals surface area contributed by atoms with Crippen molar-refractivity contribution < 1.29 is 14.3 Å². The lowest BCUT2D eigenvalue weighted by atomic mass is 10.4. The fourth-order valence-corrected chi connectivity index (χ4v) is 3.86. The fourth-order valence-electron chi connectivity index (χ4n) is 1.67. The van der Waals surface area contributed by atoms with Gasteiger partial charge in [-0.1, -0.05) is 0 Å². The molecule has 0 aliphatic rings. The molecule has 108 valence electrons. The van der Waals surface area contributed by atoms with Gasteiger partial charge in [-0.25, -0.2) is 4.79 Å². The molecule has 0 spiro atoms. The second-order valence-electron chi connectivity index (χ2n) is 3.75. The second kappa shape index (κ2) is 7.62. The van der Waals surface area contributed by atoms with Crippen LogP contribution in [0.15, 0.2) is 4.90 Å². The van der Waals surface area contributed by atoms with Crippen molar-refractivity contribution in [1.82, 2.24) is 0 Å². The van der Waals surface area contributed by atoms with Gasteiger partial charge in [0, 0.05) is 20.2 Å². The van der Waals surface area contributed by atoms with E-state index in [2.05, 4.69) is 11.8 Å². The Bertz CT molecular complexity index is 435. The van der Waals surface area contributed by atoms with Gasteiger partial charge in [0.15, 0.2) is 0 Å². The van der Waals surface area contributed by atoms with Gasteiger partial charge < -0.3 is 20.1 Å². The second-order valence-corrected chi connectivity index (χ2v) is 5.56. The number of nitrogens with two attached hydrogens (primary N) is 1. The lowest BCUT2D eigenvalue weighted by molar-refractivity contribution is 0.0607. The molecule has 0 bridgehead atoms. The standard InChI is InChI=1S/C12H20N2O3S2/c1-5-14(6-7-16-2)11-9(18-4)8(13)10(19-11)12(15)17-3/h5-7,13H2,1-4H3. The average molecular weight is 304 g/mol. The van der Waals surface area contributed by atoms with Crippen LogP contribution in [0.4, 0.5) is 10.7 Å². The SMILES string of the molecule is CCN(CCOC)c1sc(C(=O)OC)c(N)c1SC. The predicted octanol–water partition coefficient (Wildman–Crippen LogP) is 2.31. The highest BCUT2D eigenvalue weighted by Crippen LogP contribution is 2.43. The quantitative estimate of drug-likeness (QED) is 0.616. The van der Waals surface area contributed by atoms with Crippen molar-refractivity contribution in [3.05, 3.63) is 4.88 Å². The number of esters is 1. The van der Waals surface area contributed by atoms with Crippen LogP contribution in [0, 0.1) is 0 Å². The van der Waals surface area contributed by atoms with Crippen LogP contribution in [0.25, 0.3) is 0 Å². The van der Waals surface area contributed by atoms with Crippen LogP contribution in [0.1, 0.15) is 16.6 Å². The highest BCUT2D eigenvalue weighted by Gasteiger charge is 2.23. The van der Waals surface area contributed by atoms with E-state index in [1.807, 2.05) is 6.26 Å². The van der Waals surface area contributed by atoms with Gasteiger partial charge in [0.05, 0.1) is 24.3 Å². The molecular weight excluding hydrogens is 284 g/mol. The number of thiophene rings is 1. The molecule has 1 aromatic heterocycles. The van der Waals surface area contributed by atoms with Gasteiger partial charge in [-0.3, -0.25) is 0 Å². The summed E-state index contributed by atoms with van der Waals surface area (Å²) in [6.45, 7) is 4.29. The summed E-state index contributed by atoms with van der Waals surface area (Å²) in [5.41, 5.74) is 6.55. The van der Waals surface area contributed by atoms with E-state index in [1.165, 1.54) is 18.4 Å². The number of carbonyl (C=O) groups is 1. The van der Waals surface area contributed by atoms with Gasteiger partial charge >= 0.3 is 5.97 Å². The Kier molecular flexibility index (Phi) is 6.47. The molecule has 0 aliphatic heterocycles. The summed E-state index contributed by atoms with van der Waals surface area (Å²) < 4.78 is 9.87. The highest BCUT2D eigenvalue weighted by molar-refractivity contribution is 7.99. The predicted molar refractivity (Wildman–Crippen MR) is 81.6 cm³/mol. The van der Waals surface area contributed by atoms with Crippen molar-refractivity contribution in [1.29, 1.82) is 0 Å². The zero-order chi connectivity index (χ0) is 14.4. The summed E-state index contributed by atoms with van der Waals surface area (Å²) in [7, 11) is 3.04. The monoisotopic (exact) mass is 304 g/mol. The van der Waals surface area contributed by atoms with Crippen LogP contribution in [0.5, 0.6) is 0 Å². The number of carbonyl (C=O) groups excluding carboxylic acids is 1. The van der Waals surface area contributed by atoms with E-state index >= 15 is 0 Å². The molecule has 0 saturated carbocycles. The highest BCUT2D eigenvalue weighted by atomic mass is 32.2. The van der Waals surface area contributed by atoms with Crippen LogP contribution in [0.2, 0.25) is 0 Å². The number of nitrogens with zero attached hydrogens (tertiary/aromatic N) is 1.